The van der Waals surface area contributed by atoms with Crippen LogP contribution >= 0.6 is 23.1 Å². The van der Waals surface area contributed by atoms with Gasteiger partial charge in [0.25, 0.3) is 11.6 Å². The van der Waals surface area contributed by atoms with Crippen molar-refractivity contribution in [3.63, 3.8) is 0 Å². The van der Waals surface area contributed by atoms with Crippen LogP contribution in [0.3, 0.4) is 0 Å². The van der Waals surface area contributed by atoms with Crippen LogP contribution in [-0.2, 0) is 6.42 Å². The number of hydrogen-bond donors (Lipinski definition) is 1. The number of amides is 1. The standard InChI is InChI=1S/C20H17N5O3S2/c1-13-12-29-20(22-13)30-17-6-5-14(10-16(17)25(27)28)19(26)21-8-7-15-11-24-9-3-2-4-18(24)23-15/h2-6,9-12H,7-8H2,1H3,(H,21,26). The fourth-order valence-electron chi connectivity index (χ4n) is 2.87. The van der Waals surface area contributed by atoms with E-state index in [2.05, 4.69) is 15.3 Å². The molecule has 30 heavy (non-hydrogen) atoms. The van der Waals surface area contributed by atoms with Gasteiger partial charge in [0.15, 0.2) is 4.34 Å². The third-order valence-corrected chi connectivity index (χ3v) is 6.42. The number of nitro groups is 1. The Kier molecular flexibility index (Phi) is 5.77. The van der Waals surface area contributed by atoms with Crippen LogP contribution in [0.15, 0.2) is 63.4 Å². The van der Waals surface area contributed by atoms with E-state index in [4.69, 9.17) is 0 Å². The fourth-order valence-corrected chi connectivity index (χ4v) is 4.75. The van der Waals surface area contributed by atoms with E-state index in [-0.39, 0.29) is 17.2 Å². The Morgan fingerprint density at radius 2 is 2.17 bits per heavy atom. The van der Waals surface area contributed by atoms with Gasteiger partial charge >= 0.3 is 0 Å². The van der Waals surface area contributed by atoms with Gasteiger partial charge in [0.2, 0.25) is 0 Å². The van der Waals surface area contributed by atoms with Crippen molar-refractivity contribution in [3.8, 4) is 0 Å². The minimum atomic E-state index is -0.476. The number of carbonyl (C=O) groups is 1. The van der Waals surface area contributed by atoms with E-state index in [1.54, 1.807) is 12.1 Å². The van der Waals surface area contributed by atoms with E-state index in [9.17, 15) is 14.9 Å². The number of fused-ring (bicyclic) bond motifs is 1. The summed E-state index contributed by atoms with van der Waals surface area (Å²) in [5, 5.41) is 16.2. The van der Waals surface area contributed by atoms with Gasteiger partial charge in [0.1, 0.15) is 5.65 Å². The number of nitrogens with zero attached hydrogens (tertiary/aromatic N) is 4. The largest absolute Gasteiger partial charge is 0.352 e. The van der Waals surface area contributed by atoms with Crippen molar-refractivity contribution in [1.29, 1.82) is 0 Å². The third kappa shape index (κ3) is 4.50. The molecular formula is C20H17N5O3S2. The van der Waals surface area contributed by atoms with Crippen LogP contribution in [0.2, 0.25) is 0 Å². The van der Waals surface area contributed by atoms with Gasteiger partial charge in [0.05, 0.1) is 15.5 Å². The van der Waals surface area contributed by atoms with Crippen molar-refractivity contribution in [3.05, 3.63) is 81.2 Å². The van der Waals surface area contributed by atoms with E-state index in [0.29, 0.717) is 17.9 Å². The van der Waals surface area contributed by atoms with Gasteiger partial charge < -0.3 is 9.72 Å². The highest BCUT2D eigenvalue weighted by Gasteiger charge is 2.19. The molecular weight excluding hydrogens is 422 g/mol. The molecule has 0 fully saturated rings. The molecule has 4 aromatic rings. The first-order valence-corrected chi connectivity index (χ1v) is 10.8. The lowest BCUT2D eigenvalue weighted by Gasteiger charge is -2.06. The maximum absolute atomic E-state index is 12.5. The van der Waals surface area contributed by atoms with Crippen molar-refractivity contribution >= 4 is 40.3 Å². The van der Waals surface area contributed by atoms with E-state index >= 15 is 0 Å². The average Bonchev–Trinajstić information content (AvgIpc) is 3.33. The maximum Gasteiger partial charge on any atom is 0.284 e. The minimum Gasteiger partial charge on any atom is -0.352 e. The Morgan fingerprint density at radius 1 is 1.30 bits per heavy atom. The summed E-state index contributed by atoms with van der Waals surface area (Å²) in [5.41, 5.74) is 2.71. The summed E-state index contributed by atoms with van der Waals surface area (Å²) < 4.78 is 2.64. The van der Waals surface area contributed by atoms with Crippen molar-refractivity contribution in [2.45, 2.75) is 22.6 Å². The Balaban J connectivity index is 1.42. The lowest BCUT2D eigenvalue weighted by atomic mass is 10.2. The molecule has 8 nitrogen and oxygen atoms in total. The first kappa shape index (κ1) is 20.0. The van der Waals surface area contributed by atoms with Crippen LogP contribution in [-0.4, -0.2) is 31.7 Å². The summed E-state index contributed by atoms with van der Waals surface area (Å²) in [6.45, 7) is 2.25. The summed E-state index contributed by atoms with van der Waals surface area (Å²) >= 11 is 2.65. The van der Waals surface area contributed by atoms with Gasteiger partial charge in [-0.2, -0.15) is 0 Å². The minimum absolute atomic E-state index is 0.110. The van der Waals surface area contributed by atoms with Crippen LogP contribution in [0.5, 0.6) is 0 Å². The molecule has 1 aromatic carbocycles. The molecule has 0 atom stereocenters. The number of nitrogens with one attached hydrogen (secondary N) is 1. The molecule has 0 unspecified atom stereocenters. The Labute approximate surface area is 180 Å². The first-order valence-electron chi connectivity index (χ1n) is 9.09. The van der Waals surface area contributed by atoms with E-state index < -0.39 is 4.92 Å². The van der Waals surface area contributed by atoms with Crippen LogP contribution in [0, 0.1) is 17.0 Å². The second-order valence-electron chi connectivity index (χ2n) is 6.50. The zero-order chi connectivity index (χ0) is 21.1. The van der Waals surface area contributed by atoms with Gasteiger partial charge in [-0.3, -0.25) is 14.9 Å². The summed E-state index contributed by atoms with van der Waals surface area (Å²) in [5.74, 6) is -0.358. The lowest BCUT2D eigenvalue weighted by molar-refractivity contribution is -0.387. The van der Waals surface area contributed by atoms with E-state index in [0.717, 1.165) is 21.4 Å². The average molecular weight is 440 g/mol. The zero-order valence-corrected chi connectivity index (χ0v) is 17.6. The second kappa shape index (κ2) is 8.64. The third-order valence-electron chi connectivity index (χ3n) is 4.29. The molecule has 0 aliphatic rings. The smallest absolute Gasteiger partial charge is 0.284 e. The zero-order valence-electron chi connectivity index (χ0n) is 15.9. The molecule has 0 bridgehead atoms. The SMILES string of the molecule is Cc1csc(Sc2ccc(C(=O)NCCc3cn4ccccc4n3)cc2[N+](=O)[O-])n1. The number of rotatable bonds is 7. The molecule has 1 N–H and O–H groups in total. The number of benzene rings is 1. The molecule has 0 aliphatic heterocycles. The molecule has 0 aliphatic carbocycles. The van der Waals surface area contributed by atoms with Gasteiger partial charge in [-0.25, -0.2) is 9.97 Å². The predicted octanol–water partition coefficient (Wildman–Crippen LogP) is 4.13. The molecule has 1 amide bonds. The Hall–Kier alpha value is -3.24. The van der Waals surface area contributed by atoms with Gasteiger partial charge in [-0.05, 0) is 31.2 Å². The molecule has 0 radical (unpaired) electrons. The molecule has 0 saturated heterocycles. The summed E-state index contributed by atoms with van der Waals surface area (Å²) in [7, 11) is 0. The molecule has 10 heteroatoms. The fraction of sp³-hybridized carbons (Fsp3) is 0.150. The molecule has 0 spiro atoms. The molecule has 152 valence electrons. The number of carbonyl (C=O) groups excluding carboxylic acids is 1. The van der Waals surface area contributed by atoms with Crippen LogP contribution < -0.4 is 5.32 Å². The highest BCUT2D eigenvalue weighted by atomic mass is 32.2. The van der Waals surface area contributed by atoms with E-state index in [1.165, 1.54) is 29.2 Å². The number of imidazole rings is 1. The van der Waals surface area contributed by atoms with Gasteiger partial charge in [-0.15, -0.1) is 11.3 Å². The van der Waals surface area contributed by atoms with Crippen molar-refractivity contribution < 1.29 is 9.72 Å². The lowest BCUT2D eigenvalue weighted by Crippen LogP contribution is -2.25. The number of hydrogen-bond acceptors (Lipinski definition) is 7. The first-order chi connectivity index (χ1) is 14.5. The number of aromatic nitrogens is 3. The summed E-state index contributed by atoms with van der Waals surface area (Å²) in [6.07, 6.45) is 4.39. The van der Waals surface area contributed by atoms with Gasteiger partial charge in [0, 0.05) is 48.1 Å². The highest BCUT2D eigenvalue weighted by molar-refractivity contribution is 8.01. The number of thiazole rings is 1. The highest BCUT2D eigenvalue weighted by Crippen LogP contribution is 2.36. The van der Waals surface area contributed by atoms with Crippen LogP contribution in [0.4, 0.5) is 5.69 Å². The second-order valence-corrected chi connectivity index (χ2v) is 8.65. The Morgan fingerprint density at radius 3 is 2.90 bits per heavy atom. The van der Waals surface area contributed by atoms with Crippen molar-refractivity contribution in [1.82, 2.24) is 19.7 Å². The monoisotopic (exact) mass is 439 g/mol. The van der Waals surface area contributed by atoms with Gasteiger partial charge in [-0.1, -0.05) is 17.8 Å². The predicted molar refractivity (Wildman–Crippen MR) is 115 cm³/mol. The van der Waals surface area contributed by atoms with Crippen LogP contribution in [0.1, 0.15) is 21.7 Å². The quantitative estimate of drug-likeness (QED) is 0.343. The molecule has 4 rings (SSSR count). The Bertz CT molecular complexity index is 1200. The number of aryl methyl sites for hydroxylation is 1. The number of nitro benzene ring substituents is 1. The van der Waals surface area contributed by atoms with E-state index in [1.807, 2.05) is 47.3 Å². The van der Waals surface area contributed by atoms with Crippen LogP contribution in [0.25, 0.3) is 5.65 Å². The molecule has 3 aromatic heterocycles. The molecule has 3 heterocycles. The summed E-state index contributed by atoms with van der Waals surface area (Å²) in [4.78, 5) is 32.8. The normalized spacial score (nSPS) is 11.0. The van der Waals surface area contributed by atoms with Crippen molar-refractivity contribution in [2.75, 3.05) is 6.54 Å². The maximum atomic E-state index is 12.5. The molecule has 0 saturated carbocycles. The van der Waals surface area contributed by atoms with Crippen molar-refractivity contribution in [2.24, 2.45) is 0 Å². The topological polar surface area (TPSA) is 102 Å². The summed E-state index contributed by atoms with van der Waals surface area (Å²) in [6, 6.07) is 10.2. The number of pyridine rings is 1.